The van der Waals surface area contributed by atoms with Crippen molar-refractivity contribution < 1.29 is 23.0 Å². The molecule has 1 aliphatic rings. The second-order valence-corrected chi connectivity index (χ2v) is 6.44. The first-order valence-corrected chi connectivity index (χ1v) is 8.50. The maximum atomic E-state index is 12.4. The van der Waals surface area contributed by atoms with Gasteiger partial charge in [0.25, 0.3) is 0 Å². The maximum absolute atomic E-state index is 12.4. The van der Waals surface area contributed by atoms with Gasteiger partial charge in [-0.05, 0) is 35.9 Å². The molecule has 140 valence electrons. The summed E-state index contributed by atoms with van der Waals surface area (Å²) in [5, 5.41) is 14.1. The molecule has 0 spiro atoms. The van der Waals surface area contributed by atoms with Crippen molar-refractivity contribution in [1.29, 1.82) is 0 Å². The molecule has 1 atom stereocenters. The quantitative estimate of drug-likeness (QED) is 0.835. The molecular weight excluding hydrogens is 369 g/mol. The fourth-order valence-corrected chi connectivity index (χ4v) is 3.30. The molecule has 1 fully saturated rings. The van der Waals surface area contributed by atoms with E-state index >= 15 is 0 Å². The monoisotopic (exact) mass is 386 g/mol. The topological polar surface area (TPSA) is 44.7 Å². The molecule has 2 aromatic carbocycles. The molecule has 0 aliphatic carbocycles. The minimum Gasteiger partial charge on any atom is -0.508 e. The Hall–Kier alpha value is -1.96. The lowest BCUT2D eigenvalue weighted by molar-refractivity contribution is -0.274. The van der Waals surface area contributed by atoms with Crippen LogP contribution in [0.5, 0.6) is 11.5 Å². The Morgan fingerprint density at radius 2 is 1.73 bits per heavy atom. The first kappa shape index (κ1) is 18.8. The van der Waals surface area contributed by atoms with Gasteiger partial charge in [-0.2, -0.15) is 0 Å². The fourth-order valence-electron chi connectivity index (χ4n) is 3.12. The lowest BCUT2D eigenvalue weighted by Crippen LogP contribution is -2.45. The zero-order chi connectivity index (χ0) is 18.7. The highest BCUT2D eigenvalue weighted by Crippen LogP contribution is 2.37. The van der Waals surface area contributed by atoms with E-state index in [2.05, 4.69) is 15.0 Å². The summed E-state index contributed by atoms with van der Waals surface area (Å²) in [4.78, 5) is 2.15. The Labute approximate surface area is 154 Å². The van der Waals surface area contributed by atoms with Gasteiger partial charge in [0.05, 0.1) is 6.04 Å². The van der Waals surface area contributed by atoms with Crippen LogP contribution in [0.2, 0.25) is 5.02 Å². The van der Waals surface area contributed by atoms with Crippen molar-refractivity contribution in [3.8, 4) is 11.5 Å². The summed E-state index contributed by atoms with van der Waals surface area (Å²) in [5.74, 6) is -0.191. The zero-order valence-electron chi connectivity index (χ0n) is 13.8. The van der Waals surface area contributed by atoms with Gasteiger partial charge in [0, 0.05) is 36.8 Å². The van der Waals surface area contributed by atoms with Gasteiger partial charge in [0.1, 0.15) is 11.5 Å². The molecule has 0 bridgehead atoms. The number of ether oxygens (including phenoxy) is 1. The normalized spacial score (nSPS) is 17.1. The highest BCUT2D eigenvalue weighted by Gasteiger charge is 2.31. The van der Waals surface area contributed by atoms with Gasteiger partial charge in [0.2, 0.25) is 0 Å². The van der Waals surface area contributed by atoms with Crippen LogP contribution in [0.1, 0.15) is 17.2 Å². The van der Waals surface area contributed by atoms with Crippen LogP contribution in [0.4, 0.5) is 13.2 Å². The number of nitrogens with one attached hydrogen (secondary N) is 1. The average Bonchev–Trinajstić information content (AvgIpc) is 2.59. The number of halogens is 4. The summed E-state index contributed by atoms with van der Waals surface area (Å²) in [5.41, 5.74) is 1.36. The molecule has 1 aliphatic heterocycles. The molecule has 1 heterocycles. The van der Waals surface area contributed by atoms with E-state index < -0.39 is 6.36 Å². The lowest BCUT2D eigenvalue weighted by atomic mass is 9.95. The van der Waals surface area contributed by atoms with E-state index in [4.69, 9.17) is 11.6 Å². The SMILES string of the molecule is Oc1ccc(Cl)cc1[C@H](c1ccc(OC(F)(F)F)cc1)N1CCNCC1. The van der Waals surface area contributed by atoms with Crippen molar-refractivity contribution in [3.05, 3.63) is 58.6 Å². The third kappa shape index (κ3) is 4.60. The number of benzene rings is 2. The van der Waals surface area contributed by atoms with E-state index in [-0.39, 0.29) is 17.5 Å². The Morgan fingerprint density at radius 1 is 1.08 bits per heavy atom. The van der Waals surface area contributed by atoms with Gasteiger partial charge >= 0.3 is 6.36 Å². The van der Waals surface area contributed by atoms with Crippen LogP contribution in [0.15, 0.2) is 42.5 Å². The minimum atomic E-state index is -4.73. The van der Waals surface area contributed by atoms with Gasteiger partial charge in [-0.1, -0.05) is 23.7 Å². The second kappa shape index (κ2) is 7.73. The van der Waals surface area contributed by atoms with Crippen LogP contribution >= 0.6 is 11.6 Å². The largest absolute Gasteiger partial charge is 0.573 e. The number of alkyl halides is 3. The van der Waals surface area contributed by atoms with Gasteiger partial charge in [-0.3, -0.25) is 4.90 Å². The number of nitrogens with zero attached hydrogens (tertiary/aromatic N) is 1. The fraction of sp³-hybridized carbons (Fsp3) is 0.333. The van der Waals surface area contributed by atoms with Gasteiger partial charge < -0.3 is 15.2 Å². The van der Waals surface area contributed by atoms with Gasteiger partial charge in [0.15, 0.2) is 0 Å². The van der Waals surface area contributed by atoms with E-state index in [0.717, 1.165) is 31.7 Å². The number of phenols is 1. The Morgan fingerprint density at radius 3 is 2.35 bits per heavy atom. The summed E-state index contributed by atoms with van der Waals surface area (Å²) < 4.78 is 41.0. The number of hydrogen-bond donors (Lipinski definition) is 2. The molecule has 26 heavy (non-hydrogen) atoms. The Balaban J connectivity index is 1.96. The molecular formula is C18H18ClF3N2O2. The zero-order valence-corrected chi connectivity index (χ0v) is 14.5. The summed E-state index contributed by atoms with van der Waals surface area (Å²) in [7, 11) is 0. The van der Waals surface area contributed by atoms with Crippen LogP contribution in [0, 0.1) is 0 Å². The average molecular weight is 387 g/mol. The van der Waals surface area contributed by atoms with Gasteiger partial charge in [-0.15, -0.1) is 13.2 Å². The molecule has 0 unspecified atom stereocenters. The van der Waals surface area contributed by atoms with E-state index in [1.54, 1.807) is 24.3 Å². The summed E-state index contributed by atoms with van der Waals surface area (Å²) in [6, 6.07) is 10.2. The highest BCUT2D eigenvalue weighted by molar-refractivity contribution is 6.30. The lowest BCUT2D eigenvalue weighted by Gasteiger charge is -2.36. The molecule has 1 saturated heterocycles. The molecule has 4 nitrogen and oxygen atoms in total. The molecule has 3 rings (SSSR count). The van der Waals surface area contributed by atoms with E-state index in [1.165, 1.54) is 18.2 Å². The molecule has 0 radical (unpaired) electrons. The molecule has 0 amide bonds. The van der Waals surface area contributed by atoms with E-state index in [9.17, 15) is 18.3 Å². The van der Waals surface area contributed by atoms with Gasteiger partial charge in [-0.25, -0.2) is 0 Å². The molecule has 0 aromatic heterocycles. The van der Waals surface area contributed by atoms with Crippen molar-refractivity contribution in [2.24, 2.45) is 0 Å². The van der Waals surface area contributed by atoms with E-state index in [1.807, 2.05) is 0 Å². The van der Waals surface area contributed by atoms with E-state index in [0.29, 0.717) is 10.6 Å². The number of rotatable bonds is 4. The second-order valence-electron chi connectivity index (χ2n) is 6.01. The molecule has 2 N–H and O–H groups in total. The molecule has 0 saturated carbocycles. The minimum absolute atomic E-state index is 0.0913. The molecule has 8 heteroatoms. The summed E-state index contributed by atoms with van der Waals surface area (Å²) in [6.07, 6.45) is -4.73. The number of aromatic hydroxyl groups is 1. The van der Waals surface area contributed by atoms with Crippen molar-refractivity contribution in [2.45, 2.75) is 12.4 Å². The van der Waals surface area contributed by atoms with Crippen LogP contribution < -0.4 is 10.1 Å². The number of hydrogen-bond acceptors (Lipinski definition) is 4. The predicted octanol–water partition coefficient (Wildman–Crippen LogP) is 3.94. The molecule has 2 aromatic rings. The first-order valence-electron chi connectivity index (χ1n) is 8.12. The van der Waals surface area contributed by atoms with Crippen LogP contribution in [-0.4, -0.2) is 42.5 Å². The standard InChI is InChI=1S/C18H18ClF3N2O2/c19-13-3-6-16(25)15(11-13)17(24-9-7-23-8-10-24)12-1-4-14(5-2-12)26-18(20,21)22/h1-6,11,17,23,25H,7-10H2/t17-/m0/s1. The predicted molar refractivity (Wildman–Crippen MR) is 92.5 cm³/mol. The number of piperazine rings is 1. The smallest absolute Gasteiger partial charge is 0.508 e. The highest BCUT2D eigenvalue weighted by atomic mass is 35.5. The van der Waals surface area contributed by atoms with Crippen LogP contribution in [0.25, 0.3) is 0 Å². The van der Waals surface area contributed by atoms with Crippen molar-refractivity contribution in [3.63, 3.8) is 0 Å². The third-order valence-electron chi connectivity index (χ3n) is 4.23. The maximum Gasteiger partial charge on any atom is 0.573 e. The first-order chi connectivity index (χ1) is 12.3. The Bertz CT molecular complexity index is 747. The van der Waals surface area contributed by atoms with Crippen molar-refractivity contribution in [2.75, 3.05) is 26.2 Å². The summed E-state index contributed by atoms with van der Waals surface area (Å²) >= 11 is 6.10. The Kier molecular flexibility index (Phi) is 5.60. The van der Waals surface area contributed by atoms with Crippen LogP contribution in [-0.2, 0) is 0 Å². The van der Waals surface area contributed by atoms with Crippen molar-refractivity contribution in [1.82, 2.24) is 10.2 Å². The number of phenolic OH excluding ortho intramolecular Hbond substituents is 1. The third-order valence-corrected chi connectivity index (χ3v) is 4.47. The summed E-state index contributed by atoms with van der Waals surface area (Å²) in [6.45, 7) is 3.04. The van der Waals surface area contributed by atoms with Crippen molar-refractivity contribution >= 4 is 11.6 Å². The van der Waals surface area contributed by atoms with Crippen LogP contribution in [0.3, 0.4) is 0 Å².